The molecule has 0 aromatic carbocycles. The van der Waals surface area contributed by atoms with Gasteiger partial charge in [-0.1, -0.05) is 0 Å². The second-order valence-corrected chi connectivity index (χ2v) is 5.10. The second-order valence-electron chi connectivity index (χ2n) is 4.16. The van der Waals surface area contributed by atoms with E-state index in [9.17, 15) is 0 Å². The van der Waals surface area contributed by atoms with Gasteiger partial charge in [-0.05, 0) is 20.8 Å². The SMILES string of the molecule is CCNc1nc(C)cc(OCCc2scnc2C)n1. The molecule has 2 heterocycles. The summed E-state index contributed by atoms with van der Waals surface area (Å²) in [6, 6.07) is 1.85. The Morgan fingerprint density at radius 3 is 2.84 bits per heavy atom. The number of aryl methyl sites for hydroxylation is 2. The Morgan fingerprint density at radius 2 is 2.16 bits per heavy atom. The smallest absolute Gasteiger partial charge is 0.226 e. The lowest BCUT2D eigenvalue weighted by atomic mass is 10.3. The fourth-order valence-corrected chi connectivity index (χ4v) is 2.43. The van der Waals surface area contributed by atoms with Crippen molar-refractivity contribution in [3.8, 4) is 5.88 Å². The van der Waals surface area contributed by atoms with Crippen molar-refractivity contribution < 1.29 is 4.74 Å². The predicted molar refractivity (Wildman–Crippen MR) is 77.0 cm³/mol. The molecule has 0 aliphatic heterocycles. The molecule has 5 nitrogen and oxygen atoms in total. The number of nitrogens with zero attached hydrogens (tertiary/aromatic N) is 3. The van der Waals surface area contributed by atoms with Gasteiger partial charge in [0.1, 0.15) is 0 Å². The Morgan fingerprint density at radius 1 is 1.32 bits per heavy atom. The first-order valence-corrected chi connectivity index (χ1v) is 7.18. The minimum absolute atomic E-state index is 0.602. The number of ether oxygens (including phenoxy) is 1. The highest BCUT2D eigenvalue weighted by Gasteiger charge is 2.04. The Labute approximate surface area is 117 Å². The molecule has 2 aromatic heterocycles. The van der Waals surface area contributed by atoms with E-state index in [0.717, 1.165) is 24.4 Å². The zero-order chi connectivity index (χ0) is 13.7. The van der Waals surface area contributed by atoms with Gasteiger partial charge in [0.2, 0.25) is 11.8 Å². The lowest BCUT2D eigenvalue weighted by Gasteiger charge is -2.08. The molecular weight excluding hydrogens is 260 g/mol. The molecule has 0 saturated carbocycles. The van der Waals surface area contributed by atoms with Crippen molar-refractivity contribution in [2.24, 2.45) is 0 Å². The number of nitrogens with one attached hydrogen (secondary N) is 1. The van der Waals surface area contributed by atoms with Crippen molar-refractivity contribution in [2.75, 3.05) is 18.5 Å². The van der Waals surface area contributed by atoms with E-state index in [2.05, 4.69) is 20.3 Å². The molecule has 0 atom stereocenters. The summed E-state index contributed by atoms with van der Waals surface area (Å²) in [6.45, 7) is 7.36. The molecule has 0 unspecified atom stereocenters. The van der Waals surface area contributed by atoms with E-state index in [0.29, 0.717) is 18.4 Å². The van der Waals surface area contributed by atoms with Gasteiger partial charge in [-0.2, -0.15) is 4.98 Å². The molecule has 102 valence electrons. The van der Waals surface area contributed by atoms with Crippen LogP contribution >= 0.6 is 11.3 Å². The topological polar surface area (TPSA) is 59.9 Å². The van der Waals surface area contributed by atoms with Gasteiger partial charge in [0.15, 0.2) is 0 Å². The van der Waals surface area contributed by atoms with Crippen LogP contribution in [0.5, 0.6) is 5.88 Å². The fraction of sp³-hybridized carbons (Fsp3) is 0.462. The van der Waals surface area contributed by atoms with Crippen LogP contribution in [0.15, 0.2) is 11.6 Å². The van der Waals surface area contributed by atoms with E-state index in [-0.39, 0.29) is 0 Å². The van der Waals surface area contributed by atoms with Crippen molar-refractivity contribution in [1.82, 2.24) is 15.0 Å². The van der Waals surface area contributed by atoms with Gasteiger partial charge in [0, 0.05) is 29.6 Å². The quantitative estimate of drug-likeness (QED) is 0.880. The predicted octanol–water partition coefficient (Wildman–Crippen LogP) is 2.60. The third kappa shape index (κ3) is 3.89. The highest BCUT2D eigenvalue weighted by atomic mass is 32.1. The van der Waals surface area contributed by atoms with E-state index in [4.69, 9.17) is 4.74 Å². The van der Waals surface area contributed by atoms with Crippen LogP contribution < -0.4 is 10.1 Å². The zero-order valence-electron chi connectivity index (χ0n) is 11.4. The third-order valence-corrected chi connectivity index (χ3v) is 3.58. The summed E-state index contributed by atoms with van der Waals surface area (Å²) in [5, 5.41) is 3.09. The molecule has 0 spiro atoms. The maximum atomic E-state index is 5.69. The number of rotatable bonds is 6. The van der Waals surface area contributed by atoms with Crippen molar-refractivity contribution in [2.45, 2.75) is 27.2 Å². The first-order chi connectivity index (χ1) is 9.19. The minimum atomic E-state index is 0.602. The molecule has 1 N–H and O–H groups in total. The monoisotopic (exact) mass is 278 g/mol. The van der Waals surface area contributed by atoms with Gasteiger partial charge in [-0.3, -0.25) is 0 Å². The Kier molecular flexibility index (Phi) is 4.68. The molecule has 2 rings (SSSR count). The highest BCUT2D eigenvalue weighted by molar-refractivity contribution is 7.09. The zero-order valence-corrected chi connectivity index (χ0v) is 12.3. The van der Waals surface area contributed by atoms with Crippen molar-refractivity contribution >= 4 is 17.3 Å². The van der Waals surface area contributed by atoms with Crippen LogP contribution in [0.2, 0.25) is 0 Å². The van der Waals surface area contributed by atoms with Crippen LogP contribution in [0.1, 0.15) is 23.2 Å². The molecular formula is C13H18N4OS. The van der Waals surface area contributed by atoms with E-state index >= 15 is 0 Å². The Bertz CT molecular complexity index is 541. The molecule has 0 saturated heterocycles. The first kappa shape index (κ1) is 13.7. The van der Waals surface area contributed by atoms with Crippen LogP contribution in [0.3, 0.4) is 0 Å². The van der Waals surface area contributed by atoms with Crippen molar-refractivity contribution in [1.29, 1.82) is 0 Å². The first-order valence-electron chi connectivity index (χ1n) is 6.30. The van der Waals surface area contributed by atoms with E-state index in [1.165, 1.54) is 4.88 Å². The summed E-state index contributed by atoms with van der Waals surface area (Å²) < 4.78 is 5.69. The van der Waals surface area contributed by atoms with Gasteiger partial charge in [0.05, 0.1) is 17.8 Å². The Hall–Kier alpha value is -1.69. The average molecular weight is 278 g/mol. The van der Waals surface area contributed by atoms with Gasteiger partial charge < -0.3 is 10.1 Å². The van der Waals surface area contributed by atoms with E-state index < -0.39 is 0 Å². The highest BCUT2D eigenvalue weighted by Crippen LogP contribution is 2.15. The van der Waals surface area contributed by atoms with Crippen LogP contribution in [0.4, 0.5) is 5.95 Å². The van der Waals surface area contributed by atoms with Gasteiger partial charge >= 0.3 is 0 Å². The Balaban J connectivity index is 1.94. The van der Waals surface area contributed by atoms with Crippen LogP contribution in [0.25, 0.3) is 0 Å². The van der Waals surface area contributed by atoms with Gasteiger partial charge in [-0.15, -0.1) is 11.3 Å². The van der Waals surface area contributed by atoms with E-state index in [1.807, 2.05) is 32.3 Å². The van der Waals surface area contributed by atoms with Gasteiger partial charge in [0.25, 0.3) is 0 Å². The number of thiazole rings is 1. The van der Waals surface area contributed by atoms with Crippen LogP contribution in [-0.4, -0.2) is 28.1 Å². The number of hydrogen-bond donors (Lipinski definition) is 1. The summed E-state index contributed by atoms with van der Waals surface area (Å²) >= 11 is 1.66. The summed E-state index contributed by atoms with van der Waals surface area (Å²) in [5.41, 5.74) is 3.85. The molecule has 0 amide bonds. The maximum absolute atomic E-state index is 5.69. The number of aromatic nitrogens is 3. The molecule has 0 fully saturated rings. The normalized spacial score (nSPS) is 10.5. The fourth-order valence-electron chi connectivity index (χ4n) is 1.67. The lowest BCUT2D eigenvalue weighted by molar-refractivity contribution is 0.309. The molecule has 6 heteroatoms. The molecule has 0 aliphatic carbocycles. The molecule has 0 aliphatic rings. The van der Waals surface area contributed by atoms with Crippen LogP contribution in [-0.2, 0) is 6.42 Å². The molecule has 0 radical (unpaired) electrons. The van der Waals surface area contributed by atoms with E-state index in [1.54, 1.807) is 11.3 Å². The minimum Gasteiger partial charge on any atom is -0.477 e. The number of hydrogen-bond acceptors (Lipinski definition) is 6. The lowest BCUT2D eigenvalue weighted by Crippen LogP contribution is -2.07. The molecule has 0 bridgehead atoms. The molecule has 2 aromatic rings. The third-order valence-electron chi connectivity index (χ3n) is 2.59. The summed E-state index contributed by atoms with van der Waals surface area (Å²) in [7, 11) is 0. The average Bonchev–Trinajstić information content (AvgIpc) is 2.75. The summed E-state index contributed by atoms with van der Waals surface area (Å²) in [4.78, 5) is 14.1. The largest absolute Gasteiger partial charge is 0.477 e. The standard InChI is InChI=1S/C13H18N4OS/c1-4-14-13-16-9(2)7-12(17-13)18-6-5-11-10(3)15-8-19-11/h7-8H,4-6H2,1-3H3,(H,14,16,17). The number of anilines is 1. The molecule has 19 heavy (non-hydrogen) atoms. The van der Waals surface area contributed by atoms with Crippen LogP contribution in [0, 0.1) is 13.8 Å². The van der Waals surface area contributed by atoms with Gasteiger partial charge in [-0.25, -0.2) is 9.97 Å². The summed E-state index contributed by atoms with van der Waals surface area (Å²) in [6.07, 6.45) is 0.857. The van der Waals surface area contributed by atoms with Crippen molar-refractivity contribution in [3.63, 3.8) is 0 Å². The summed E-state index contributed by atoms with van der Waals surface area (Å²) in [5.74, 6) is 1.23. The second kappa shape index (κ2) is 6.47. The van der Waals surface area contributed by atoms with Crippen molar-refractivity contribution in [3.05, 3.63) is 27.8 Å². The maximum Gasteiger partial charge on any atom is 0.226 e.